The normalized spacial score (nSPS) is 13.3. The Bertz CT molecular complexity index is 931. The summed E-state index contributed by atoms with van der Waals surface area (Å²) in [6, 6.07) is 10.4. The Hall–Kier alpha value is -2.10. The molecule has 0 aromatic heterocycles. The molecular weight excluding hydrogens is 419 g/mol. The van der Waals surface area contributed by atoms with Crippen LogP contribution in [0.4, 0.5) is 13.2 Å². The lowest BCUT2D eigenvalue weighted by Crippen LogP contribution is -2.34. The van der Waals surface area contributed by atoms with Gasteiger partial charge in [-0.05, 0) is 35.7 Å². The highest BCUT2D eigenvalue weighted by Crippen LogP contribution is 2.29. The lowest BCUT2D eigenvalue weighted by Gasteiger charge is -2.14. The zero-order chi connectivity index (χ0) is 20.9. The highest BCUT2D eigenvalue weighted by Gasteiger charge is 2.30. The van der Waals surface area contributed by atoms with E-state index >= 15 is 0 Å². The molecule has 0 saturated carbocycles. The summed E-state index contributed by atoms with van der Waals surface area (Å²) in [7, 11) is -4.03. The second kappa shape index (κ2) is 8.93. The van der Waals surface area contributed by atoms with Crippen LogP contribution in [0.1, 0.15) is 16.7 Å². The maximum absolute atomic E-state index is 12.7. The van der Waals surface area contributed by atoms with Crippen LogP contribution in [0.25, 0.3) is 0 Å². The van der Waals surface area contributed by atoms with Crippen molar-refractivity contribution in [3.05, 3.63) is 70.2 Å². The Morgan fingerprint density at radius 3 is 2.32 bits per heavy atom. The van der Waals surface area contributed by atoms with Crippen LogP contribution in [0.15, 0.2) is 48.5 Å². The van der Waals surface area contributed by atoms with E-state index in [1.54, 1.807) is 24.3 Å². The van der Waals surface area contributed by atoms with E-state index in [9.17, 15) is 31.5 Å². The van der Waals surface area contributed by atoms with Crippen LogP contribution < -0.4 is 4.72 Å². The molecule has 0 heterocycles. The van der Waals surface area contributed by atoms with Gasteiger partial charge in [0, 0.05) is 11.6 Å². The van der Waals surface area contributed by atoms with E-state index in [0.29, 0.717) is 10.6 Å². The molecule has 0 aliphatic carbocycles. The first kappa shape index (κ1) is 22.2. The van der Waals surface area contributed by atoms with Crippen LogP contribution in [0, 0.1) is 5.92 Å². The van der Waals surface area contributed by atoms with E-state index in [4.69, 9.17) is 11.6 Å². The number of sulfonamides is 1. The molecule has 5 nitrogen and oxygen atoms in total. The lowest BCUT2D eigenvalue weighted by molar-refractivity contribution is -0.141. The van der Waals surface area contributed by atoms with Crippen LogP contribution in [0.5, 0.6) is 0 Å². The minimum absolute atomic E-state index is 0.0492. The van der Waals surface area contributed by atoms with Crippen molar-refractivity contribution >= 4 is 27.6 Å². The molecule has 152 valence electrons. The minimum Gasteiger partial charge on any atom is -0.481 e. The number of carboxylic acids is 1. The van der Waals surface area contributed by atoms with Crippen LogP contribution >= 0.6 is 11.6 Å². The van der Waals surface area contributed by atoms with Gasteiger partial charge < -0.3 is 5.11 Å². The molecule has 0 saturated heterocycles. The summed E-state index contributed by atoms with van der Waals surface area (Å²) in [4.78, 5) is 11.4. The van der Waals surface area contributed by atoms with Crippen molar-refractivity contribution in [1.82, 2.24) is 4.72 Å². The molecule has 0 aliphatic rings. The fraction of sp³-hybridized carbons (Fsp3) is 0.278. The molecule has 2 N–H and O–H groups in total. The van der Waals surface area contributed by atoms with Crippen molar-refractivity contribution in [2.75, 3.05) is 6.54 Å². The topological polar surface area (TPSA) is 83.5 Å². The van der Waals surface area contributed by atoms with Gasteiger partial charge in [-0.3, -0.25) is 4.79 Å². The number of alkyl halides is 3. The summed E-state index contributed by atoms with van der Waals surface area (Å²) in [6.45, 7) is -0.390. The number of hydrogen-bond acceptors (Lipinski definition) is 3. The predicted molar refractivity (Wildman–Crippen MR) is 98.4 cm³/mol. The Kier molecular flexibility index (Phi) is 7.08. The van der Waals surface area contributed by atoms with Crippen LogP contribution in [-0.4, -0.2) is 26.0 Å². The van der Waals surface area contributed by atoms with Gasteiger partial charge in [-0.15, -0.1) is 0 Å². The first-order valence-electron chi connectivity index (χ1n) is 8.07. The molecule has 0 fully saturated rings. The number of carbonyl (C=O) groups is 1. The minimum atomic E-state index is -4.58. The zero-order valence-corrected chi connectivity index (χ0v) is 16.0. The number of hydrogen-bond donors (Lipinski definition) is 2. The second-order valence-electron chi connectivity index (χ2n) is 6.17. The van der Waals surface area contributed by atoms with Crippen molar-refractivity contribution < 1.29 is 31.5 Å². The number of benzene rings is 2. The molecule has 1 unspecified atom stereocenters. The van der Waals surface area contributed by atoms with Gasteiger partial charge in [-0.1, -0.05) is 41.9 Å². The third kappa shape index (κ3) is 6.81. The van der Waals surface area contributed by atoms with Crippen LogP contribution in [0.2, 0.25) is 5.02 Å². The number of halogens is 4. The van der Waals surface area contributed by atoms with E-state index in [2.05, 4.69) is 4.72 Å². The SMILES string of the molecule is O=C(O)C(CNS(=O)(=O)Cc1cccc(C(F)(F)F)c1)Cc1ccc(Cl)cc1. The Balaban J connectivity index is 2.04. The highest BCUT2D eigenvalue weighted by molar-refractivity contribution is 7.88. The average Bonchev–Trinajstić information content (AvgIpc) is 2.59. The molecule has 0 radical (unpaired) electrons. The molecule has 0 amide bonds. The van der Waals surface area contributed by atoms with Gasteiger partial charge in [0.25, 0.3) is 0 Å². The van der Waals surface area contributed by atoms with Gasteiger partial charge in [0.15, 0.2) is 0 Å². The molecule has 1 atom stereocenters. The van der Waals surface area contributed by atoms with E-state index in [1.165, 1.54) is 6.07 Å². The summed E-state index contributed by atoms with van der Waals surface area (Å²) in [5.41, 5.74) is -0.341. The third-order valence-corrected chi connectivity index (χ3v) is 5.48. The molecule has 28 heavy (non-hydrogen) atoms. The zero-order valence-electron chi connectivity index (χ0n) is 14.4. The van der Waals surface area contributed by atoms with Crippen LogP contribution in [0.3, 0.4) is 0 Å². The van der Waals surface area contributed by atoms with Crippen LogP contribution in [-0.2, 0) is 33.2 Å². The van der Waals surface area contributed by atoms with Crippen molar-refractivity contribution in [2.24, 2.45) is 5.92 Å². The van der Waals surface area contributed by atoms with Crippen molar-refractivity contribution in [3.63, 3.8) is 0 Å². The largest absolute Gasteiger partial charge is 0.481 e. The van der Waals surface area contributed by atoms with Crippen molar-refractivity contribution in [3.8, 4) is 0 Å². The fourth-order valence-electron chi connectivity index (χ4n) is 2.49. The fourth-order valence-corrected chi connectivity index (χ4v) is 3.79. The van der Waals surface area contributed by atoms with Gasteiger partial charge in [0.2, 0.25) is 10.0 Å². The maximum atomic E-state index is 12.7. The first-order chi connectivity index (χ1) is 13.0. The number of aliphatic carboxylic acids is 1. The quantitative estimate of drug-likeness (QED) is 0.662. The molecule has 2 rings (SSSR count). The lowest BCUT2D eigenvalue weighted by atomic mass is 10.00. The predicted octanol–water partition coefficient (Wildman–Crippen LogP) is 3.72. The van der Waals surface area contributed by atoms with Gasteiger partial charge in [0.1, 0.15) is 0 Å². The van der Waals surface area contributed by atoms with E-state index < -0.39 is 39.4 Å². The summed E-state index contributed by atoms with van der Waals surface area (Å²) < 4.78 is 64.7. The maximum Gasteiger partial charge on any atom is 0.416 e. The average molecular weight is 436 g/mol. The van der Waals surface area contributed by atoms with Crippen molar-refractivity contribution in [1.29, 1.82) is 0 Å². The number of rotatable bonds is 8. The van der Waals surface area contributed by atoms with E-state index in [0.717, 1.165) is 18.2 Å². The molecule has 2 aromatic carbocycles. The Labute approximate surface area is 165 Å². The Morgan fingerprint density at radius 2 is 1.75 bits per heavy atom. The third-order valence-electron chi connectivity index (χ3n) is 3.91. The van der Waals surface area contributed by atoms with E-state index in [1.807, 2.05) is 0 Å². The summed E-state index contributed by atoms with van der Waals surface area (Å²) in [6.07, 6.45) is -4.52. The standard InChI is InChI=1S/C18H17ClF3NO4S/c19-16-6-4-12(5-7-16)8-14(17(24)25)10-23-28(26,27)11-13-2-1-3-15(9-13)18(20,21)22/h1-7,9,14,23H,8,10-11H2,(H,24,25). The molecule has 0 bridgehead atoms. The molecular formula is C18H17ClF3NO4S. The van der Waals surface area contributed by atoms with E-state index in [-0.39, 0.29) is 18.5 Å². The van der Waals surface area contributed by atoms with Gasteiger partial charge >= 0.3 is 12.1 Å². The number of nitrogens with one attached hydrogen (secondary N) is 1. The van der Waals surface area contributed by atoms with Gasteiger partial charge in [-0.25, -0.2) is 13.1 Å². The number of carboxylic acid groups (broad SMARTS) is 1. The monoisotopic (exact) mass is 435 g/mol. The second-order valence-corrected chi connectivity index (χ2v) is 8.41. The van der Waals surface area contributed by atoms with Crippen molar-refractivity contribution in [2.45, 2.75) is 18.3 Å². The molecule has 2 aromatic rings. The first-order valence-corrected chi connectivity index (χ1v) is 10.1. The smallest absolute Gasteiger partial charge is 0.416 e. The molecule has 0 spiro atoms. The van der Waals surface area contributed by atoms with Gasteiger partial charge in [-0.2, -0.15) is 13.2 Å². The highest BCUT2D eigenvalue weighted by atomic mass is 35.5. The summed E-state index contributed by atoms with van der Waals surface area (Å²) in [5.74, 6) is -2.93. The summed E-state index contributed by atoms with van der Waals surface area (Å²) in [5, 5.41) is 9.80. The molecule has 10 heteroatoms. The van der Waals surface area contributed by atoms with Gasteiger partial charge in [0.05, 0.1) is 17.2 Å². The molecule has 0 aliphatic heterocycles. The Morgan fingerprint density at radius 1 is 1.11 bits per heavy atom. The summed E-state index contributed by atoms with van der Waals surface area (Å²) >= 11 is 5.77.